The van der Waals surface area contributed by atoms with Crippen LogP contribution in [0.15, 0.2) is 76.7 Å². The van der Waals surface area contributed by atoms with Gasteiger partial charge in [-0.15, -0.1) is 0 Å². The number of nitrogens with one attached hydrogen (secondary N) is 9. The van der Waals surface area contributed by atoms with Gasteiger partial charge in [-0.05, 0) is 135 Å². The van der Waals surface area contributed by atoms with E-state index in [1.165, 1.54) is 0 Å². The third-order valence-electron chi connectivity index (χ3n) is 15.7. The van der Waals surface area contributed by atoms with E-state index in [2.05, 4.69) is 59.7 Å². The van der Waals surface area contributed by atoms with E-state index in [-0.39, 0.29) is 85.1 Å². The van der Waals surface area contributed by atoms with Gasteiger partial charge in [0.15, 0.2) is 0 Å². The molecule has 5 heterocycles. The van der Waals surface area contributed by atoms with Crippen molar-refractivity contribution in [2.45, 2.75) is 203 Å². The third-order valence-corrected chi connectivity index (χ3v) is 18.6. The minimum Gasteiger partial charge on any atom is -0.444 e. The number of fused-ring (bicyclic) bond motifs is 4. The van der Waals surface area contributed by atoms with E-state index < -0.39 is 29.3 Å². The van der Waals surface area contributed by atoms with Gasteiger partial charge >= 0.3 is 12.2 Å². The number of carbonyl (C=O) groups is 8. The first-order chi connectivity index (χ1) is 43.6. The average molecular weight is 1290 g/mol. The lowest BCUT2D eigenvalue weighted by Crippen LogP contribution is -2.44. The van der Waals surface area contributed by atoms with Gasteiger partial charge in [-0.3, -0.25) is 39.4 Å². The third kappa shape index (κ3) is 22.5. The molecule has 91 heavy (non-hydrogen) atoms. The van der Waals surface area contributed by atoms with Crippen LogP contribution in [0.3, 0.4) is 0 Å². The highest BCUT2D eigenvalue weighted by Gasteiger charge is 2.43. The molecule has 5 aliphatic heterocycles. The smallest absolute Gasteiger partial charge is 0.414 e. The van der Waals surface area contributed by atoms with E-state index in [0.29, 0.717) is 110 Å². The summed E-state index contributed by atoms with van der Waals surface area (Å²) in [5.74, 6) is 7.83. The fraction of sp³-hybridized carbons (Fsp3) is 0.552. The van der Waals surface area contributed by atoms with Gasteiger partial charge in [-0.2, -0.15) is 23.5 Å². The Morgan fingerprint density at radius 1 is 0.538 bits per heavy atom. The number of unbranched alkanes of at least 4 members (excludes halogenated alkanes) is 6. The Morgan fingerprint density at radius 2 is 1.01 bits per heavy atom. The van der Waals surface area contributed by atoms with Crippen molar-refractivity contribution in [3.8, 4) is 11.8 Å². The molecule has 0 radical (unpaired) electrons. The lowest BCUT2D eigenvalue weighted by atomic mass is 10.0. The molecule has 0 spiro atoms. The molecule has 5 aliphatic rings. The quantitative estimate of drug-likeness (QED) is 0.0243. The summed E-state index contributed by atoms with van der Waals surface area (Å²) in [6.45, 7) is 12.2. The van der Waals surface area contributed by atoms with Gasteiger partial charge in [0.05, 0.1) is 36.4 Å². The highest BCUT2D eigenvalue weighted by Crippen LogP contribution is 2.37. The van der Waals surface area contributed by atoms with E-state index in [1.807, 2.05) is 114 Å². The van der Waals surface area contributed by atoms with Gasteiger partial charge in [-0.25, -0.2) is 19.6 Å². The molecular weight excluding hydrogens is 1200 g/mol. The summed E-state index contributed by atoms with van der Waals surface area (Å²) in [4.78, 5) is 116. The van der Waals surface area contributed by atoms with Gasteiger partial charge in [0.1, 0.15) is 11.2 Å². The van der Waals surface area contributed by atoms with Crippen molar-refractivity contribution in [2.24, 2.45) is 9.98 Å². The lowest BCUT2D eigenvalue weighted by molar-refractivity contribution is -0.122. The Kier molecular flexibility index (Phi) is 25.5. The largest absolute Gasteiger partial charge is 0.444 e. The van der Waals surface area contributed by atoms with Crippen LogP contribution in [0, 0.1) is 11.8 Å². The fourth-order valence-corrected chi connectivity index (χ4v) is 14.3. The van der Waals surface area contributed by atoms with Gasteiger partial charge in [0.2, 0.25) is 41.5 Å². The monoisotopic (exact) mass is 1290 g/mol. The number of nitrogens with zero attached hydrogens (tertiary/aromatic N) is 3. The number of para-hydroxylation sites is 1. The van der Waals surface area contributed by atoms with Gasteiger partial charge in [-0.1, -0.05) is 67.9 Å². The summed E-state index contributed by atoms with van der Waals surface area (Å²) in [7, 11) is 0. The second-order valence-corrected chi connectivity index (χ2v) is 28.1. The van der Waals surface area contributed by atoms with E-state index >= 15 is 0 Å². The lowest BCUT2D eigenvalue weighted by Gasteiger charge is -2.26. The maximum atomic E-state index is 13.9. The normalized spacial score (nSPS) is 19.3. The molecule has 0 aliphatic carbocycles. The SMILES string of the molecule is CC(C)(C)OC(=O)NC1=NC2C(CSC2CCCCC(=O)NCCCCCC(=O)Nc2cc(NC(=O)CCCCCNC(=O)CCCCC3SCC4NC(NC(=O)OC(C)(C)C)=NC43)cc(C(=O)NCCC(=O)N3Cc4ccccc4C#Cc4ccccc43)c2)N1. The average Bonchev–Trinajstić information content (AvgIpc) is 1.82. The molecule has 9 N–H and O–H groups in total. The highest BCUT2D eigenvalue weighted by molar-refractivity contribution is 8.00. The highest BCUT2D eigenvalue weighted by atomic mass is 32.2. The molecule has 3 aromatic rings. The molecule has 2 saturated heterocycles. The molecule has 6 atom stereocenters. The van der Waals surface area contributed by atoms with Crippen molar-refractivity contribution in [3.63, 3.8) is 0 Å². The number of rotatable bonds is 28. The molecule has 0 saturated carbocycles. The second kappa shape index (κ2) is 33.5. The van der Waals surface area contributed by atoms with Gasteiger partial charge in [0.25, 0.3) is 5.91 Å². The van der Waals surface area contributed by atoms with Crippen LogP contribution in [0.25, 0.3) is 0 Å². The van der Waals surface area contributed by atoms with Crippen LogP contribution < -0.4 is 52.8 Å². The number of benzene rings is 3. The van der Waals surface area contributed by atoms with E-state index in [0.717, 1.165) is 66.7 Å². The second-order valence-electron chi connectivity index (χ2n) is 25.6. The van der Waals surface area contributed by atoms with Crippen LogP contribution >= 0.6 is 23.5 Å². The van der Waals surface area contributed by atoms with Crippen molar-refractivity contribution >= 4 is 100 Å². The molecule has 0 aromatic heterocycles. The van der Waals surface area contributed by atoms with E-state index in [1.54, 1.807) is 23.1 Å². The minimum absolute atomic E-state index is 0.00542. The maximum Gasteiger partial charge on any atom is 0.414 e. The van der Waals surface area contributed by atoms with Crippen LogP contribution in [0.2, 0.25) is 0 Å². The van der Waals surface area contributed by atoms with Crippen molar-refractivity contribution < 1.29 is 47.8 Å². The molecule has 0 bridgehead atoms. The number of hydrogen-bond donors (Lipinski definition) is 9. The molecule has 8 amide bonds. The number of thioether (sulfide) groups is 2. The van der Waals surface area contributed by atoms with Gasteiger partial charge in [0, 0.05) is 102 Å². The standard InChI is InChI=1S/C67H90N12O10S2/c1-66(2,3)88-64(86)77-62-73-49-41-90-52(59(49)75-62)25-15-17-27-54(80)68-34-19-7-9-29-56(82)71-47-37-46(61(85)70-36-33-58(84)79-40-45-23-12-11-21-43(45)31-32-44-22-13-14-24-51(44)79)38-48(39-47)72-57(83)30-10-8-20-35-69-55(81)28-18-16-26-53-60-50(42-91-53)74-63(76-60)78-65(87)89-67(4,5)6/h11-14,21-24,37-39,49-50,52-53,59-60H,7-10,15-20,25-30,33-36,40-42H2,1-6H3,(H,68,80)(H,69,81)(H,70,85)(H,71,82)(H,72,83)(H2,73,75,77,86)(H2,74,76,78,87). The number of ether oxygens (including phenoxy) is 2. The number of anilines is 3. The Hall–Kier alpha value is -7.78. The minimum atomic E-state index is -0.607. The van der Waals surface area contributed by atoms with Gasteiger partial charge < -0.3 is 51.6 Å². The molecule has 8 rings (SSSR count). The molecule has 24 heteroatoms. The van der Waals surface area contributed by atoms with Crippen LogP contribution in [-0.2, 0) is 40.0 Å². The van der Waals surface area contributed by atoms with Crippen molar-refractivity contribution in [1.82, 2.24) is 37.2 Å². The Morgan fingerprint density at radius 3 is 1.54 bits per heavy atom. The number of carbonyl (C=O) groups excluding carboxylic acids is 8. The predicted octanol–water partition coefficient (Wildman–Crippen LogP) is 8.78. The summed E-state index contributed by atoms with van der Waals surface area (Å²) >= 11 is 3.73. The molecule has 490 valence electrons. The summed E-state index contributed by atoms with van der Waals surface area (Å²) < 4.78 is 10.7. The topological polar surface area (TPSA) is 291 Å². The zero-order valence-corrected chi connectivity index (χ0v) is 55.0. The first kappa shape index (κ1) is 69.1. The Bertz CT molecular complexity index is 3090. The Balaban J connectivity index is 0.746. The van der Waals surface area contributed by atoms with Crippen LogP contribution in [0.4, 0.5) is 26.7 Å². The van der Waals surface area contributed by atoms with Crippen molar-refractivity contribution in [1.29, 1.82) is 0 Å². The molecule has 3 aromatic carbocycles. The van der Waals surface area contributed by atoms with Crippen LogP contribution in [0.1, 0.15) is 178 Å². The number of amides is 8. The van der Waals surface area contributed by atoms with Crippen molar-refractivity contribution in [3.05, 3.63) is 89.0 Å². The first-order valence-electron chi connectivity index (χ1n) is 32.1. The zero-order valence-electron chi connectivity index (χ0n) is 53.3. The van der Waals surface area contributed by atoms with E-state index in [9.17, 15) is 38.4 Å². The van der Waals surface area contributed by atoms with E-state index in [4.69, 9.17) is 19.5 Å². The Labute approximate surface area is 543 Å². The van der Waals surface area contributed by atoms with Crippen LogP contribution in [0.5, 0.6) is 0 Å². The number of guanidine groups is 2. The predicted molar refractivity (Wildman–Crippen MR) is 358 cm³/mol. The summed E-state index contributed by atoms with van der Waals surface area (Å²) in [6, 6.07) is 20.3. The zero-order chi connectivity index (χ0) is 64.9. The molecule has 22 nitrogen and oxygen atoms in total. The number of hydrogen-bond acceptors (Lipinski definition) is 16. The summed E-state index contributed by atoms with van der Waals surface area (Å²) in [6.07, 6.45) is 9.13. The number of aliphatic imine (C=N–C) groups is 2. The molecule has 6 unspecified atom stereocenters. The fourth-order valence-electron chi connectivity index (χ4n) is 11.3. The number of alkyl carbamates (subject to hydrolysis) is 2. The summed E-state index contributed by atoms with van der Waals surface area (Å²) in [5, 5.41) is 27.3. The summed E-state index contributed by atoms with van der Waals surface area (Å²) in [5.41, 5.74) is 2.75. The molecular formula is C67H90N12O10S2. The first-order valence-corrected chi connectivity index (χ1v) is 34.2. The molecule has 2 fully saturated rings. The van der Waals surface area contributed by atoms with Crippen LogP contribution in [-0.4, -0.2) is 137 Å². The maximum absolute atomic E-state index is 13.9. The van der Waals surface area contributed by atoms with Crippen molar-refractivity contribution in [2.75, 3.05) is 46.7 Å².